The smallest absolute Gasteiger partial charge is 0.257 e. The summed E-state index contributed by atoms with van der Waals surface area (Å²) < 4.78 is 0. The Morgan fingerprint density at radius 3 is 2.00 bits per heavy atom. The third-order valence-electron chi connectivity index (χ3n) is 3.98. The van der Waals surface area contributed by atoms with E-state index in [2.05, 4.69) is 36.3 Å². The first-order valence-corrected chi connectivity index (χ1v) is 6.31. The molecule has 0 bridgehead atoms. The van der Waals surface area contributed by atoms with Gasteiger partial charge in [0, 0.05) is 11.6 Å². The fourth-order valence-electron chi connectivity index (χ4n) is 2.35. The molecule has 2 N–H and O–H groups in total. The molecule has 0 aliphatic carbocycles. The summed E-state index contributed by atoms with van der Waals surface area (Å²) in [4.78, 5) is 12.4. The first-order chi connectivity index (χ1) is 8.93. The number of nitrogens with zero attached hydrogens (tertiary/aromatic N) is 1. The summed E-state index contributed by atoms with van der Waals surface area (Å²) in [5, 5.41) is 9.40. The van der Waals surface area contributed by atoms with Gasteiger partial charge in [0.25, 0.3) is 5.91 Å². The van der Waals surface area contributed by atoms with Gasteiger partial charge in [-0.3, -0.25) is 9.89 Å². The number of nitrogens with one attached hydrogen (secondary N) is 2. The maximum absolute atomic E-state index is 12.4. The fourth-order valence-corrected chi connectivity index (χ4v) is 2.35. The summed E-state index contributed by atoms with van der Waals surface area (Å²) in [6.07, 6.45) is 1.61. The number of amides is 1. The molecule has 0 radical (unpaired) electrons. The highest BCUT2D eigenvalue weighted by atomic mass is 16.1. The number of benzene rings is 1. The van der Waals surface area contributed by atoms with Crippen molar-refractivity contribution in [3.05, 3.63) is 45.6 Å². The zero-order valence-electron chi connectivity index (χ0n) is 12.0. The second kappa shape index (κ2) is 4.88. The molecule has 1 aromatic carbocycles. The number of hydrogen-bond donors (Lipinski definition) is 2. The molecule has 2 rings (SSSR count). The van der Waals surface area contributed by atoms with Crippen molar-refractivity contribution in [2.75, 3.05) is 5.32 Å². The molecule has 4 nitrogen and oxygen atoms in total. The van der Waals surface area contributed by atoms with Gasteiger partial charge in [-0.05, 0) is 62.4 Å². The number of aromatic nitrogens is 2. The molecule has 1 heterocycles. The monoisotopic (exact) mass is 257 g/mol. The van der Waals surface area contributed by atoms with Crippen LogP contribution in [0.15, 0.2) is 12.3 Å². The highest BCUT2D eigenvalue weighted by Crippen LogP contribution is 2.26. The molecular formula is C15H19N3O. The van der Waals surface area contributed by atoms with E-state index in [1.165, 1.54) is 16.7 Å². The average Bonchev–Trinajstić information content (AvgIpc) is 2.87. The summed E-state index contributed by atoms with van der Waals surface area (Å²) in [5.41, 5.74) is 6.45. The third-order valence-corrected chi connectivity index (χ3v) is 3.98. The number of aromatic amines is 1. The molecule has 19 heavy (non-hydrogen) atoms. The summed E-state index contributed by atoms with van der Waals surface area (Å²) in [6, 6.07) is 1.73. The zero-order chi connectivity index (χ0) is 14.2. The Morgan fingerprint density at radius 2 is 1.53 bits per heavy atom. The molecule has 0 aliphatic rings. The Hall–Kier alpha value is -2.10. The first-order valence-electron chi connectivity index (χ1n) is 6.31. The van der Waals surface area contributed by atoms with Crippen molar-refractivity contribution in [2.24, 2.45) is 0 Å². The van der Waals surface area contributed by atoms with Crippen LogP contribution in [0, 0.1) is 34.6 Å². The van der Waals surface area contributed by atoms with Gasteiger partial charge in [-0.1, -0.05) is 0 Å². The number of anilines is 1. The fraction of sp³-hybridized carbons (Fsp3) is 0.333. The lowest BCUT2D eigenvalue weighted by Crippen LogP contribution is -2.17. The van der Waals surface area contributed by atoms with Crippen molar-refractivity contribution in [3.8, 4) is 0 Å². The van der Waals surface area contributed by atoms with Gasteiger partial charge in [0.05, 0.1) is 6.20 Å². The van der Waals surface area contributed by atoms with Crippen LogP contribution in [-0.4, -0.2) is 16.1 Å². The van der Waals surface area contributed by atoms with Gasteiger partial charge in [-0.2, -0.15) is 5.10 Å². The van der Waals surface area contributed by atoms with Gasteiger partial charge in [0.2, 0.25) is 0 Å². The Balaban J connectivity index is 2.48. The number of carbonyl (C=O) groups excluding carboxylic acids is 1. The van der Waals surface area contributed by atoms with Crippen LogP contribution in [0.5, 0.6) is 0 Å². The van der Waals surface area contributed by atoms with Gasteiger partial charge >= 0.3 is 0 Å². The van der Waals surface area contributed by atoms with E-state index in [1.807, 2.05) is 13.8 Å². The maximum atomic E-state index is 12.4. The number of H-pyrrole nitrogens is 1. The number of rotatable bonds is 2. The van der Waals surface area contributed by atoms with Crippen LogP contribution >= 0.6 is 0 Å². The van der Waals surface area contributed by atoms with Crippen LogP contribution in [0.25, 0.3) is 0 Å². The summed E-state index contributed by atoms with van der Waals surface area (Å²) in [5.74, 6) is 0.519. The molecule has 0 spiro atoms. The highest BCUT2D eigenvalue weighted by molar-refractivity contribution is 6.06. The summed E-state index contributed by atoms with van der Waals surface area (Å²) >= 11 is 0. The molecular weight excluding hydrogens is 238 g/mol. The van der Waals surface area contributed by atoms with Crippen molar-refractivity contribution in [3.63, 3.8) is 0 Å². The van der Waals surface area contributed by atoms with E-state index < -0.39 is 0 Å². The van der Waals surface area contributed by atoms with Gasteiger partial charge in [-0.15, -0.1) is 0 Å². The van der Waals surface area contributed by atoms with Crippen LogP contribution < -0.4 is 5.32 Å². The molecule has 0 unspecified atom stereocenters. The molecule has 100 valence electrons. The van der Waals surface area contributed by atoms with E-state index in [-0.39, 0.29) is 5.91 Å². The Morgan fingerprint density at radius 1 is 1.00 bits per heavy atom. The lowest BCUT2D eigenvalue weighted by atomic mass is 9.89. The molecule has 0 aliphatic heterocycles. The summed E-state index contributed by atoms with van der Waals surface area (Å²) in [6.45, 7) is 10.2. The molecule has 1 amide bonds. The van der Waals surface area contributed by atoms with Crippen molar-refractivity contribution in [1.82, 2.24) is 10.2 Å². The van der Waals surface area contributed by atoms with Gasteiger partial charge in [0.1, 0.15) is 5.82 Å². The Kier molecular flexibility index (Phi) is 3.42. The van der Waals surface area contributed by atoms with Crippen LogP contribution in [0.1, 0.15) is 38.2 Å². The van der Waals surface area contributed by atoms with E-state index >= 15 is 0 Å². The van der Waals surface area contributed by atoms with Gasteiger partial charge in [0.15, 0.2) is 0 Å². The molecule has 4 heteroatoms. The normalized spacial score (nSPS) is 10.6. The molecule has 0 saturated carbocycles. The van der Waals surface area contributed by atoms with E-state index in [4.69, 9.17) is 0 Å². The van der Waals surface area contributed by atoms with Crippen molar-refractivity contribution < 1.29 is 4.79 Å². The van der Waals surface area contributed by atoms with Gasteiger partial charge < -0.3 is 5.32 Å². The van der Waals surface area contributed by atoms with Crippen molar-refractivity contribution >= 4 is 11.7 Å². The Bertz CT molecular complexity index is 598. The zero-order valence-corrected chi connectivity index (χ0v) is 12.0. The quantitative estimate of drug-likeness (QED) is 0.868. The van der Waals surface area contributed by atoms with E-state index in [0.29, 0.717) is 5.82 Å². The van der Waals surface area contributed by atoms with E-state index in [1.54, 1.807) is 12.3 Å². The Labute approximate surface area is 113 Å². The molecule has 0 fully saturated rings. The predicted octanol–water partition coefficient (Wildman–Crippen LogP) is 3.20. The van der Waals surface area contributed by atoms with Crippen molar-refractivity contribution in [1.29, 1.82) is 0 Å². The summed E-state index contributed by atoms with van der Waals surface area (Å²) in [7, 11) is 0. The topological polar surface area (TPSA) is 57.8 Å². The average molecular weight is 257 g/mol. The largest absolute Gasteiger partial charge is 0.307 e. The van der Waals surface area contributed by atoms with Crippen LogP contribution in [0.2, 0.25) is 0 Å². The van der Waals surface area contributed by atoms with Crippen LogP contribution in [-0.2, 0) is 0 Å². The first kappa shape index (κ1) is 13.3. The maximum Gasteiger partial charge on any atom is 0.257 e. The van der Waals surface area contributed by atoms with E-state index in [9.17, 15) is 4.79 Å². The van der Waals surface area contributed by atoms with Crippen LogP contribution in [0.4, 0.5) is 5.82 Å². The van der Waals surface area contributed by atoms with Gasteiger partial charge in [-0.25, -0.2) is 0 Å². The minimum atomic E-state index is -0.0922. The molecule has 2 aromatic rings. The highest BCUT2D eigenvalue weighted by Gasteiger charge is 2.18. The minimum Gasteiger partial charge on any atom is -0.307 e. The standard InChI is InChI=1S/C15H19N3O/c1-8-9(2)11(4)14(12(5)10(8)3)15(19)17-13-6-7-16-18-13/h6-7H,1-5H3,(H2,16,17,18,19). The number of hydrogen-bond acceptors (Lipinski definition) is 2. The lowest BCUT2D eigenvalue weighted by molar-refractivity contribution is 0.102. The molecule has 0 saturated heterocycles. The SMILES string of the molecule is Cc1c(C)c(C)c(C(=O)Nc2ccn[nH]2)c(C)c1C. The third kappa shape index (κ3) is 2.26. The molecule has 1 aromatic heterocycles. The molecule has 0 atom stereocenters. The van der Waals surface area contributed by atoms with Crippen LogP contribution in [0.3, 0.4) is 0 Å². The predicted molar refractivity (Wildman–Crippen MR) is 76.7 cm³/mol. The second-order valence-electron chi connectivity index (χ2n) is 4.92. The lowest BCUT2D eigenvalue weighted by Gasteiger charge is -2.17. The number of carbonyl (C=O) groups is 1. The second-order valence-corrected chi connectivity index (χ2v) is 4.92. The van der Waals surface area contributed by atoms with Crippen molar-refractivity contribution in [2.45, 2.75) is 34.6 Å². The van der Waals surface area contributed by atoms with E-state index in [0.717, 1.165) is 16.7 Å². The minimum absolute atomic E-state index is 0.0922.